The lowest BCUT2D eigenvalue weighted by molar-refractivity contribution is -0.122. The van der Waals surface area contributed by atoms with Gasteiger partial charge in [-0.2, -0.15) is 0 Å². The van der Waals surface area contributed by atoms with Crippen molar-refractivity contribution in [1.29, 1.82) is 0 Å². The molecule has 2 fully saturated rings. The number of hydrogen-bond donors (Lipinski definition) is 1. The molecule has 1 aromatic rings. The summed E-state index contributed by atoms with van der Waals surface area (Å²) < 4.78 is 5.52. The SMILES string of the molecule is O=C(CCC1CCCO1)NC1CC(=O)N(c2ccccc2Cl)C1. The fraction of sp³-hybridized carbons (Fsp3) is 0.529. The predicted molar refractivity (Wildman–Crippen MR) is 88.6 cm³/mol. The molecule has 2 atom stereocenters. The molecule has 0 radical (unpaired) electrons. The van der Waals surface area contributed by atoms with Gasteiger partial charge in [0.15, 0.2) is 0 Å². The minimum absolute atomic E-state index is 0.0115. The summed E-state index contributed by atoms with van der Waals surface area (Å²) in [6, 6.07) is 7.11. The maximum Gasteiger partial charge on any atom is 0.229 e. The molecule has 0 saturated carbocycles. The summed E-state index contributed by atoms with van der Waals surface area (Å²) >= 11 is 6.15. The molecular weight excluding hydrogens is 316 g/mol. The van der Waals surface area contributed by atoms with Crippen molar-refractivity contribution in [2.24, 2.45) is 0 Å². The standard InChI is InChI=1S/C17H21ClN2O3/c18-14-5-1-2-6-15(14)20-11-12(10-17(20)22)19-16(21)8-7-13-4-3-9-23-13/h1-2,5-6,12-13H,3-4,7-11H2,(H,19,21). The van der Waals surface area contributed by atoms with Gasteiger partial charge in [-0.15, -0.1) is 0 Å². The third kappa shape index (κ3) is 4.03. The van der Waals surface area contributed by atoms with E-state index in [9.17, 15) is 9.59 Å². The predicted octanol–water partition coefficient (Wildman–Crippen LogP) is 2.52. The second kappa shape index (κ2) is 7.32. The van der Waals surface area contributed by atoms with Gasteiger partial charge in [0, 0.05) is 26.0 Å². The van der Waals surface area contributed by atoms with Crippen molar-refractivity contribution < 1.29 is 14.3 Å². The molecule has 0 spiro atoms. The normalized spacial score (nSPS) is 24.2. The van der Waals surface area contributed by atoms with Crippen LogP contribution in [0.25, 0.3) is 0 Å². The van der Waals surface area contributed by atoms with Gasteiger partial charge in [-0.3, -0.25) is 9.59 Å². The maximum absolute atomic E-state index is 12.2. The van der Waals surface area contributed by atoms with Gasteiger partial charge in [0.2, 0.25) is 11.8 Å². The van der Waals surface area contributed by atoms with E-state index in [0.29, 0.717) is 30.1 Å². The zero-order chi connectivity index (χ0) is 16.2. The van der Waals surface area contributed by atoms with Crippen LogP contribution in [0.5, 0.6) is 0 Å². The summed E-state index contributed by atoms with van der Waals surface area (Å²) in [6.07, 6.45) is 3.84. The van der Waals surface area contributed by atoms with Crippen LogP contribution in [0, 0.1) is 0 Å². The Hall–Kier alpha value is -1.59. The smallest absolute Gasteiger partial charge is 0.229 e. The van der Waals surface area contributed by atoms with Crippen molar-refractivity contribution in [3.63, 3.8) is 0 Å². The first-order valence-electron chi connectivity index (χ1n) is 8.09. The van der Waals surface area contributed by atoms with Crippen LogP contribution in [0.15, 0.2) is 24.3 Å². The lowest BCUT2D eigenvalue weighted by atomic mass is 10.1. The Labute approximate surface area is 140 Å². The minimum atomic E-state index is -0.157. The first-order valence-corrected chi connectivity index (χ1v) is 8.47. The van der Waals surface area contributed by atoms with Crippen molar-refractivity contribution in [3.8, 4) is 0 Å². The molecule has 124 valence electrons. The van der Waals surface area contributed by atoms with E-state index in [1.165, 1.54) is 0 Å². The Bertz CT molecular complexity index is 587. The molecule has 1 aromatic carbocycles. The number of carbonyl (C=O) groups excluding carboxylic acids is 2. The molecule has 1 N–H and O–H groups in total. The van der Waals surface area contributed by atoms with Crippen LogP contribution in [-0.4, -0.2) is 37.1 Å². The highest BCUT2D eigenvalue weighted by Gasteiger charge is 2.32. The van der Waals surface area contributed by atoms with E-state index in [1.807, 2.05) is 18.2 Å². The molecule has 0 bridgehead atoms. The van der Waals surface area contributed by atoms with E-state index in [4.69, 9.17) is 16.3 Å². The zero-order valence-corrected chi connectivity index (χ0v) is 13.7. The molecule has 0 aliphatic carbocycles. The largest absolute Gasteiger partial charge is 0.378 e. The number of nitrogens with zero attached hydrogens (tertiary/aromatic N) is 1. The Balaban J connectivity index is 1.51. The van der Waals surface area contributed by atoms with Crippen molar-refractivity contribution in [3.05, 3.63) is 29.3 Å². The van der Waals surface area contributed by atoms with Gasteiger partial charge >= 0.3 is 0 Å². The fourth-order valence-corrected chi connectivity index (χ4v) is 3.41. The van der Waals surface area contributed by atoms with Gasteiger partial charge < -0.3 is 15.0 Å². The number of carbonyl (C=O) groups is 2. The van der Waals surface area contributed by atoms with Gasteiger partial charge in [-0.05, 0) is 31.4 Å². The number of benzene rings is 1. The Morgan fingerprint density at radius 2 is 2.22 bits per heavy atom. The van der Waals surface area contributed by atoms with Crippen LogP contribution >= 0.6 is 11.6 Å². The lowest BCUT2D eigenvalue weighted by Gasteiger charge is -2.18. The monoisotopic (exact) mass is 336 g/mol. The number of halogens is 1. The molecule has 2 unspecified atom stereocenters. The van der Waals surface area contributed by atoms with Crippen LogP contribution in [0.4, 0.5) is 5.69 Å². The quantitative estimate of drug-likeness (QED) is 0.898. The summed E-state index contributed by atoms with van der Waals surface area (Å²) in [5.41, 5.74) is 0.704. The Morgan fingerprint density at radius 3 is 2.96 bits per heavy atom. The number of anilines is 1. The van der Waals surface area contributed by atoms with Crippen molar-refractivity contribution in [2.45, 2.75) is 44.2 Å². The topological polar surface area (TPSA) is 58.6 Å². The third-order valence-corrected chi connectivity index (χ3v) is 4.67. The highest BCUT2D eigenvalue weighted by atomic mass is 35.5. The van der Waals surface area contributed by atoms with Crippen LogP contribution in [0.3, 0.4) is 0 Å². The van der Waals surface area contributed by atoms with E-state index in [-0.39, 0.29) is 24.0 Å². The van der Waals surface area contributed by atoms with Crippen LogP contribution < -0.4 is 10.2 Å². The van der Waals surface area contributed by atoms with Gasteiger partial charge in [-0.1, -0.05) is 23.7 Å². The number of ether oxygens (including phenoxy) is 1. The molecular formula is C17H21ClN2O3. The zero-order valence-electron chi connectivity index (χ0n) is 13.0. The summed E-state index contributed by atoms with van der Waals surface area (Å²) in [6.45, 7) is 1.27. The second-order valence-electron chi connectivity index (χ2n) is 6.10. The fourth-order valence-electron chi connectivity index (χ4n) is 3.17. The molecule has 23 heavy (non-hydrogen) atoms. The molecule has 2 saturated heterocycles. The molecule has 2 aliphatic heterocycles. The summed E-state index contributed by atoms with van der Waals surface area (Å²) in [5.74, 6) is -0.0261. The number of nitrogens with one attached hydrogen (secondary N) is 1. The van der Waals surface area contributed by atoms with Gasteiger partial charge in [0.05, 0.1) is 22.9 Å². The molecule has 0 aromatic heterocycles. The number of hydrogen-bond acceptors (Lipinski definition) is 3. The molecule has 2 amide bonds. The second-order valence-corrected chi connectivity index (χ2v) is 6.51. The van der Waals surface area contributed by atoms with Crippen molar-refractivity contribution in [2.75, 3.05) is 18.1 Å². The Morgan fingerprint density at radius 1 is 1.39 bits per heavy atom. The number of amides is 2. The van der Waals surface area contributed by atoms with Crippen molar-refractivity contribution >= 4 is 29.1 Å². The Kier molecular flexibility index (Phi) is 5.18. The van der Waals surface area contributed by atoms with Crippen LogP contribution in [0.1, 0.15) is 32.1 Å². The molecule has 2 heterocycles. The highest BCUT2D eigenvalue weighted by molar-refractivity contribution is 6.33. The van der Waals surface area contributed by atoms with Gasteiger partial charge in [0.1, 0.15) is 0 Å². The van der Waals surface area contributed by atoms with Gasteiger partial charge in [-0.25, -0.2) is 0 Å². The average molecular weight is 337 g/mol. The maximum atomic E-state index is 12.2. The summed E-state index contributed by atoms with van der Waals surface area (Å²) in [4.78, 5) is 25.9. The summed E-state index contributed by atoms with van der Waals surface area (Å²) in [7, 11) is 0. The molecule has 3 rings (SSSR count). The first kappa shape index (κ1) is 16.3. The minimum Gasteiger partial charge on any atom is -0.378 e. The van der Waals surface area contributed by atoms with E-state index in [2.05, 4.69) is 5.32 Å². The number of rotatable bonds is 5. The molecule has 2 aliphatic rings. The van der Waals surface area contributed by atoms with E-state index >= 15 is 0 Å². The summed E-state index contributed by atoms with van der Waals surface area (Å²) in [5, 5.41) is 3.50. The van der Waals surface area contributed by atoms with Gasteiger partial charge in [0.25, 0.3) is 0 Å². The van der Waals surface area contributed by atoms with Crippen LogP contribution in [0.2, 0.25) is 5.02 Å². The van der Waals surface area contributed by atoms with Crippen LogP contribution in [-0.2, 0) is 14.3 Å². The first-order chi connectivity index (χ1) is 11.1. The number of para-hydroxylation sites is 1. The molecule has 6 heteroatoms. The van der Waals surface area contributed by atoms with E-state index in [1.54, 1.807) is 11.0 Å². The average Bonchev–Trinajstić information content (AvgIpc) is 3.16. The highest BCUT2D eigenvalue weighted by Crippen LogP contribution is 2.29. The van der Waals surface area contributed by atoms with E-state index < -0.39 is 0 Å². The van der Waals surface area contributed by atoms with E-state index in [0.717, 1.165) is 25.9 Å². The molecule has 5 nitrogen and oxygen atoms in total. The van der Waals surface area contributed by atoms with Crippen molar-refractivity contribution in [1.82, 2.24) is 5.32 Å². The lowest BCUT2D eigenvalue weighted by Crippen LogP contribution is -2.37. The third-order valence-electron chi connectivity index (χ3n) is 4.35.